The lowest BCUT2D eigenvalue weighted by Gasteiger charge is -2.34. The number of nitrogens with one attached hydrogen (secondary N) is 4. The average Bonchev–Trinajstić information content (AvgIpc) is 3.91. The third-order valence-corrected chi connectivity index (χ3v) is 11.5. The summed E-state index contributed by atoms with van der Waals surface area (Å²) in [6.45, 7) is 6.47. The molecule has 0 bridgehead atoms. The quantitative estimate of drug-likeness (QED) is 0.0410. The van der Waals surface area contributed by atoms with E-state index >= 15 is 0 Å². The number of anilines is 2. The highest BCUT2D eigenvalue weighted by Crippen LogP contribution is 2.25. The molecule has 4 amide bonds. The zero-order chi connectivity index (χ0) is 49.7. The number of benzene rings is 4. The van der Waals surface area contributed by atoms with Crippen molar-refractivity contribution < 1.29 is 60.3 Å². The molecule has 4 aromatic carbocycles. The van der Waals surface area contributed by atoms with Crippen LogP contribution in [0.5, 0.6) is 11.5 Å². The Balaban J connectivity index is 0.000000232. The van der Waals surface area contributed by atoms with E-state index in [9.17, 15) is 32.4 Å². The van der Waals surface area contributed by atoms with E-state index in [0.29, 0.717) is 71.4 Å². The fraction of sp³-hybridized carbons (Fsp3) is 0.340. The third-order valence-electron chi connectivity index (χ3n) is 10.9. The Morgan fingerprint density at radius 3 is 1.46 bits per heavy atom. The van der Waals surface area contributed by atoms with Crippen LogP contribution >= 0.6 is 0 Å². The van der Waals surface area contributed by atoms with Crippen LogP contribution in [0.1, 0.15) is 38.8 Å². The van der Waals surface area contributed by atoms with Crippen molar-refractivity contribution in [3.05, 3.63) is 119 Å². The average molecular weight is 971 g/mol. The fourth-order valence-corrected chi connectivity index (χ4v) is 7.67. The van der Waals surface area contributed by atoms with E-state index in [1.165, 1.54) is 12.0 Å². The largest absolute Gasteiger partial charge is 0.497 e. The molecule has 3 aliphatic rings. The maximum Gasteiger partial charge on any atom is 0.414 e. The van der Waals surface area contributed by atoms with Gasteiger partial charge in [0.05, 0.1) is 46.7 Å². The van der Waals surface area contributed by atoms with Crippen LogP contribution in [0.25, 0.3) is 0 Å². The molecule has 3 saturated heterocycles. The molecule has 0 radical (unpaired) electrons. The number of amides is 4. The molecule has 3 aliphatic heterocycles. The smallest absolute Gasteiger partial charge is 0.414 e. The van der Waals surface area contributed by atoms with Gasteiger partial charge in [0.1, 0.15) is 42.0 Å². The van der Waals surface area contributed by atoms with E-state index < -0.39 is 40.2 Å². The third kappa shape index (κ3) is 14.5. The lowest BCUT2D eigenvalue weighted by Crippen LogP contribution is -2.50. The minimum absolute atomic E-state index is 0.0404. The highest BCUT2D eigenvalue weighted by Gasteiger charge is 2.35. The lowest BCUT2D eigenvalue weighted by atomic mass is 10.1. The molecule has 21 nitrogen and oxygen atoms in total. The van der Waals surface area contributed by atoms with Crippen LogP contribution in [0.15, 0.2) is 97.1 Å². The second kappa shape index (κ2) is 23.6. The second-order valence-electron chi connectivity index (χ2n) is 15.8. The van der Waals surface area contributed by atoms with E-state index in [1.807, 2.05) is 0 Å². The summed E-state index contributed by atoms with van der Waals surface area (Å²) in [5.41, 5.74) is 2.91. The van der Waals surface area contributed by atoms with Gasteiger partial charge in [-0.3, -0.25) is 49.0 Å². The molecule has 4 N–H and O–H groups in total. The number of carbonyl (C=O) groups excluding carboxylic acids is 5. The van der Waals surface area contributed by atoms with Crippen molar-refractivity contribution in [3.63, 3.8) is 0 Å². The van der Waals surface area contributed by atoms with E-state index in [-0.39, 0.29) is 36.9 Å². The number of ether oxygens (including phenoxy) is 5. The van der Waals surface area contributed by atoms with E-state index in [1.54, 1.807) is 116 Å². The first-order valence-corrected chi connectivity index (χ1v) is 23.5. The number of piperazine rings is 1. The summed E-state index contributed by atoms with van der Waals surface area (Å²) >= 11 is 0. The predicted molar refractivity (Wildman–Crippen MR) is 253 cm³/mol. The molecule has 69 heavy (non-hydrogen) atoms. The van der Waals surface area contributed by atoms with Crippen LogP contribution in [0.3, 0.4) is 0 Å². The number of hydrogen-bond acceptors (Lipinski definition) is 17. The lowest BCUT2D eigenvalue weighted by molar-refractivity contribution is -0.144. The first kappa shape index (κ1) is 51.0. The van der Waals surface area contributed by atoms with Gasteiger partial charge in [0, 0.05) is 66.4 Å². The zero-order valence-electron chi connectivity index (χ0n) is 38.5. The van der Waals surface area contributed by atoms with Crippen LogP contribution in [0, 0.1) is 10.8 Å². The van der Waals surface area contributed by atoms with Gasteiger partial charge in [-0.2, -0.15) is 8.42 Å². The standard InChI is InChI=1S/C27H33N5O6.C20H21N3O7S/c1-3-37-24(33)18-31-14-12-30(13-15-31)16-23-17-32(27(35)38-23)21-8-4-19(5-9-21)25(28)29-26(34)20-6-10-22(36-2)11-7-20;1-28-16-9-5-14(6-10-16)19(24)22-18(21)13-3-7-15(8-4-13)23-11-17(30-20(23)25)12-29-31(2,26)27/h4-11,23H,3,12-18H2,1-2H3,(H2,28,29,34);3-10,17H,11-12H2,1-2H3,(H2,21,22,24)/t23-;17-/m11/s1. The predicted octanol–water partition coefficient (Wildman–Crippen LogP) is 3.71. The molecule has 4 aromatic rings. The van der Waals surface area contributed by atoms with E-state index in [0.717, 1.165) is 32.4 Å². The first-order valence-electron chi connectivity index (χ1n) is 21.7. The summed E-state index contributed by atoms with van der Waals surface area (Å²) in [7, 11) is -0.556. The molecule has 0 spiro atoms. The van der Waals surface area contributed by atoms with Crippen LogP contribution in [-0.4, -0.2) is 158 Å². The van der Waals surface area contributed by atoms with Crippen molar-refractivity contribution in [3.8, 4) is 11.5 Å². The van der Waals surface area contributed by atoms with Crippen molar-refractivity contribution in [2.75, 3.05) is 95.8 Å². The maximum absolute atomic E-state index is 12.5. The SMILES string of the molecule is CCOC(=O)CN1CCN(C[C@@H]2CN(c3ccc(C(=N)NC(=O)c4ccc(OC)cc4)cc3)C(=O)O2)CC1.COc1ccc(C(=O)NC(=N)c2ccc(N3C[C@H](COS(C)(=O)=O)OC3=O)cc2)cc1. The summed E-state index contributed by atoms with van der Waals surface area (Å²) < 4.78 is 52.7. The Morgan fingerprint density at radius 2 is 1.04 bits per heavy atom. The molecular formula is C47H54N8O13S. The number of carbonyl (C=O) groups is 5. The first-order chi connectivity index (χ1) is 33.0. The number of nitrogens with zero attached hydrogens (tertiary/aromatic N) is 4. The number of cyclic esters (lactones) is 2. The molecule has 0 aromatic heterocycles. The Kier molecular flexibility index (Phi) is 17.4. The minimum atomic E-state index is -3.63. The molecule has 3 fully saturated rings. The Bertz CT molecular complexity index is 2590. The van der Waals surface area contributed by atoms with Crippen LogP contribution < -0.4 is 29.9 Å². The summed E-state index contributed by atoms with van der Waals surface area (Å²) in [6.07, 6.45) is -1.10. The number of hydrogen-bond donors (Lipinski definition) is 4. The van der Waals surface area contributed by atoms with Crippen molar-refractivity contribution in [2.24, 2.45) is 0 Å². The number of esters is 1. The maximum atomic E-state index is 12.5. The van der Waals surface area contributed by atoms with Gasteiger partial charge in [-0.25, -0.2) is 9.59 Å². The number of rotatable bonds is 16. The van der Waals surface area contributed by atoms with Gasteiger partial charge in [0.25, 0.3) is 21.9 Å². The molecule has 366 valence electrons. The molecule has 0 saturated carbocycles. The van der Waals surface area contributed by atoms with Gasteiger partial charge in [-0.1, -0.05) is 0 Å². The Labute approximate surface area is 399 Å². The normalized spacial score (nSPS) is 17.2. The molecule has 2 atom stereocenters. The number of methoxy groups -OCH3 is 2. The Morgan fingerprint density at radius 1 is 0.638 bits per heavy atom. The second-order valence-corrected chi connectivity index (χ2v) is 17.5. The Hall–Kier alpha value is -7.40. The molecular weight excluding hydrogens is 917 g/mol. The fourth-order valence-electron chi connectivity index (χ4n) is 7.27. The summed E-state index contributed by atoms with van der Waals surface area (Å²) in [5, 5.41) is 21.5. The van der Waals surface area contributed by atoms with Gasteiger partial charge in [-0.05, 0) is 104 Å². The molecule has 7 rings (SSSR count). The van der Waals surface area contributed by atoms with Gasteiger partial charge < -0.3 is 34.3 Å². The van der Waals surface area contributed by atoms with Crippen molar-refractivity contribution in [1.29, 1.82) is 10.8 Å². The van der Waals surface area contributed by atoms with Gasteiger partial charge in [0.15, 0.2) is 0 Å². The molecule has 0 aliphatic carbocycles. The van der Waals surface area contributed by atoms with Gasteiger partial charge >= 0.3 is 18.2 Å². The molecule has 3 heterocycles. The summed E-state index contributed by atoms with van der Waals surface area (Å²) in [6, 6.07) is 26.3. The van der Waals surface area contributed by atoms with E-state index in [2.05, 4.69) is 24.6 Å². The van der Waals surface area contributed by atoms with E-state index in [4.69, 9.17) is 34.5 Å². The molecule has 0 unspecified atom stereocenters. The molecule has 22 heteroatoms. The van der Waals surface area contributed by atoms with Crippen molar-refractivity contribution >= 4 is 63.1 Å². The highest BCUT2D eigenvalue weighted by atomic mass is 32.2. The number of amidine groups is 2. The minimum Gasteiger partial charge on any atom is -0.497 e. The topological polar surface area (TPSA) is 260 Å². The van der Waals surface area contributed by atoms with Crippen molar-refractivity contribution in [2.45, 2.75) is 19.1 Å². The monoisotopic (exact) mass is 970 g/mol. The van der Waals surface area contributed by atoms with Gasteiger partial charge in [0.2, 0.25) is 0 Å². The van der Waals surface area contributed by atoms with Gasteiger partial charge in [-0.15, -0.1) is 0 Å². The van der Waals surface area contributed by atoms with Crippen LogP contribution in [0.4, 0.5) is 21.0 Å². The highest BCUT2D eigenvalue weighted by molar-refractivity contribution is 7.86. The summed E-state index contributed by atoms with van der Waals surface area (Å²) in [4.78, 5) is 68.3. The summed E-state index contributed by atoms with van der Waals surface area (Å²) in [5.74, 6) is 0.0819. The van der Waals surface area contributed by atoms with Crippen LogP contribution in [-0.2, 0) is 33.3 Å². The van der Waals surface area contributed by atoms with Crippen molar-refractivity contribution in [1.82, 2.24) is 20.4 Å². The van der Waals surface area contributed by atoms with Crippen LogP contribution in [0.2, 0.25) is 0 Å². The zero-order valence-corrected chi connectivity index (χ0v) is 39.3.